The van der Waals surface area contributed by atoms with Crippen LogP contribution in [0.25, 0.3) is 0 Å². The molecule has 0 aliphatic carbocycles. The lowest BCUT2D eigenvalue weighted by molar-refractivity contribution is 0.446. The molecule has 0 saturated carbocycles. The van der Waals surface area contributed by atoms with Gasteiger partial charge < -0.3 is 8.98 Å². The number of hydrogen-bond donors (Lipinski definition) is 1. The number of rotatable bonds is 0. The van der Waals surface area contributed by atoms with Crippen molar-refractivity contribution in [2.45, 2.75) is 13.8 Å². The SMILES string of the molecule is Cc1oc(=N)n(C)c1C. The quantitative estimate of drug-likeness (QED) is 0.546. The fourth-order valence-electron chi connectivity index (χ4n) is 0.676. The zero-order chi connectivity index (χ0) is 7.02. The van der Waals surface area contributed by atoms with Crippen LogP contribution in [0.5, 0.6) is 0 Å². The van der Waals surface area contributed by atoms with E-state index in [1.807, 2.05) is 20.9 Å². The number of aryl methyl sites for hydroxylation is 1. The molecule has 1 N–H and O–H groups in total. The van der Waals surface area contributed by atoms with Crippen molar-refractivity contribution in [2.24, 2.45) is 7.05 Å². The van der Waals surface area contributed by atoms with E-state index in [2.05, 4.69) is 0 Å². The third-order valence-corrected chi connectivity index (χ3v) is 1.57. The zero-order valence-electron chi connectivity index (χ0n) is 5.86. The molecule has 0 aromatic carbocycles. The van der Waals surface area contributed by atoms with Crippen molar-refractivity contribution in [3.8, 4) is 0 Å². The van der Waals surface area contributed by atoms with Gasteiger partial charge in [0, 0.05) is 7.05 Å². The van der Waals surface area contributed by atoms with E-state index in [4.69, 9.17) is 9.83 Å². The summed E-state index contributed by atoms with van der Waals surface area (Å²) >= 11 is 0. The Morgan fingerprint density at radius 3 is 2.11 bits per heavy atom. The van der Waals surface area contributed by atoms with Crippen LogP contribution in [-0.4, -0.2) is 4.57 Å². The van der Waals surface area contributed by atoms with Gasteiger partial charge in [-0.3, -0.25) is 5.41 Å². The normalized spacial score (nSPS) is 10.1. The predicted octanol–water partition coefficient (Wildman–Crippen LogP) is 0.714. The van der Waals surface area contributed by atoms with Crippen LogP contribution in [0, 0.1) is 19.3 Å². The van der Waals surface area contributed by atoms with Crippen LogP contribution < -0.4 is 5.68 Å². The molecule has 3 nitrogen and oxygen atoms in total. The first-order valence-electron chi connectivity index (χ1n) is 2.80. The fourth-order valence-corrected chi connectivity index (χ4v) is 0.676. The molecule has 0 saturated heterocycles. The maximum Gasteiger partial charge on any atom is 0.293 e. The molecule has 1 aromatic rings. The zero-order valence-corrected chi connectivity index (χ0v) is 5.86. The molecule has 0 bridgehead atoms. The van der Waals surface area contributed by atoms with Gasteiger partial charge in [-0.1, -0.05) is 0 Å². The Kier molecular flexibility index (Phi) is 1.20. The standard InChI is InChI=1S/C6H10N2O/c1-4-5(2)9-6(7)8(4)3/h7H,1-3H3. The molecule has 0 spiro atoms. The van der Waals surface area contributed by atoms with E-state index in [1.54, 1.807) is 4.57 Å². The van der Waals surface area contributed by atoms with Crippen molar-refractivity contribution in [3.63, 3.8) is 0 Å². The van der Waals surface area contributed by atoms with E-state index in [-0.39, 0.29) is 5.68 Å². The summed E-state index contributed by atoms with van der Waals surface area (Å²) in [4.78, 5) is 0. The second kappa shape index (κ2) is 1.76. The van der Waals surface area contributed by atoms with E-state index < -0.39 is 0 Å². The lowest BCUT2D eigenvalue weighted by atomic mass is 10.4. The van der Waals surface area contributed by atoms with Crippen LogP contribution in [-0.2, 0) is 7.05 Å². The molecule has 3 heteroatoms. The minimum Gasteiger partial charge on any atom is -0.429 e. The van der Waals surface area contributed by atoms with Gasteiger partial charge in [0.15, 0.2) is 0 Å². The number of aromatic nitrogens is 1. The highest BCUT2D eigenvalue weighted by Crippen LogP contribution is 1.99. The third kappa shape index (κ3) is 0.781. The topological polar surface area (TPSA) is 41.9 Å². The summed E-state index contributed by atoms with van der Waals surface area (Å²) < 4.78 is 6.68. The van der Waals surface area contributed by atoms with Gasteiger partial charge in [-0.25, -0.2) is 0 Å². The van der Waals surface area contributed by atoms with E-state index in [0.29, 0.717) is 0 Å². The summed E-state index contributed by atoms with van der Waals surface area (Å²) in [5.41, 5.74) is 1.23. The summed E-state index contributed by atoms with van der Waals surface area (Å²) in [5.74, 6) is 0.822. The van der Waals surface area contributed by atoms with Gasteiger partial charge in [0.05, 0.1) is 5.69 Å². The molecule has 0 amide bonds. The molecule has 0 atom stereocenters. The average molecular weight is 126 g/mol. The van der Waals surface area contributed by atoms with Gasteiger partial charge >= 0.3 is 0 Å². The summed E-state index contributed by atoms with van der Waals surface area (Å²) in [6, 6.07) is 0. The average Bonchev–Trinajstić information content (AvgIpc) is 1.98. The van der Waals surface area contributed by atoms with Crippen molar-refractivity contribution in [1.29, 1.82) is 5.41 Å². The molecule has 0 aliphatic rings. The monoisotopic (exact) mass is 126 g/mol. The first kappa shape index (κ1) is 6.13. The fraction of sp³-hybridized carbons (Fsp3) is 0.500. The Bertz CT molecular complexity index is 269. The Morgan fingerprint density at radius 2 is 2.00 bits per heavy atom. The van der Waals surface area contributed by atoms with Gasteiger partial charge in [0.1, 0.15) is 5.76 Å². The van der Waals surface area contributed by atoms with Crippen LogP contribution in [0.1, 0.15) is 11.5 Å². The highest BCUT2D eigenvalue weighted by molar-refractivity contribution is 5.02. The molecule has 0 radical (unpaired) electrons. The maximum atomic E-state index is 7.18. The van der Waals surface area contributed by atoms with Crippen molar-refractivity contribution < 1.29 is 4.42 Å². The highest BCUT2D eigenvalue weighted by Gasteiger charge is 1.99. The first-order chi connectivity index (χ1) is 4.13. The van der Waals surface area contributed by atoms with Crippen molar-refractivity contribution >= 4 is 0 Å². The highest BCUT2D eigenvalue weighted by atomic mass is 16.4. The van der Waals surface area contributed by atoms with Gasteiger partial charge in [-0.2, -0.15) is 0 Å². The van der Waals surface area contributed by atoms with Crippen LogP contribution in [0.2, 0.25) is 0 Å². The van der Waals surface area contributed by atoms with Crippen LogP contribution in [0.3, 0.4) is 0 Å². The number of nitrogens with zero attached hydrogens (tertiary/aromatic N) is 1. The lowest BCUT2D eigenvalue weighted by Gasteiger charge is -1.88. The molecule has 0 aliphatic heterocycles. The minimum atomic E-state index is 0.213. The van der Waals surface area contributed by atoms with E-state index in [0.717, 1.165) is 11.5 Å². The van der Waals surface area contributed by atoms with Gasteiger partial charge in [-0.15, -0.1) is 0 Å². The molecule has 0 unspecified atom stereocenters. The molecule has 1 heterocycles. The van der Waals surface area contributed by atoms with Crippen LogP contribution in [0.4, 0.5) is 0 Å². The summed E-state index contributed by atoms with van der Waals surface area (Å²) in [6.45, 7) is 3.78. The minimum absolute atomic E-state index is 0.213. The Balaban J connectivity index is 3.47. The van der Waals surface area contributed by atoms with Gasteiger partial charge in [-0.05, 0) is 13.8 Å². The molecule has 0 fully saturated rings. The van der Waals surface area contributed by atoms with Crippen LogP contribution >= 0.6 is 0 Å². The van der Waals surface area contributed by atoms with Gasteiger partial charge in [0.2, 0.25) is 0 Å². The second-order valence-electron chi connectivity index (χ2n) is 2.11. The first-order valence-corrected chi connectivity index (χ1v) is 2.80. The summed E-state index contributed by atoms with van der Waals surface area (Å²) in [7, 11) is 1.81. The van der Waals surface area contributed by atoms with Gasteiger partial charge in [0.25, 0.3) is 5.68 Å². The van der Waals surface area contributed by atoms with Crippen molar-refractivity contribution in [1.82, 2.24) is 4.57 Å². The molecule has 9 heavy (non-hydrogen) atoms. The largest absolute Gasteiger partial charge is 0.429 e. The molecule has 1 rings (SSSR count). The maximum absolute atomic E-state index is 7.18. The lowest BCUT2D eigenvalue weighted by Crippen LogP contribution is -2.10. The Hall–Kier alpha value is -0.990. The number of nitrogens with one attached hydrogen (secondary N) is 1. The third-order valence-electron chi connectivity index (χ3n) is 1.57. The molecular formula is C6H10N2O. The molecule has 1 aromatic heterocycles. The van der Waals surface area contributed by atoms with E-state index in [9.17, 15) is 0 Å². The van der Waals surface area contributed by atoms with Crippen molar-refractivity contribution in [2.75, 3.05) is 0 Å². The summed E-state index contributed by atoms with van der Waals surface area (Å²) in [6.07, 6.45) is 0. The van der Waals surface area contributed by atoms with E-state index in [1.165, 1.54) is 0 Å². The molecular weight excluding hydrogens is 116 g/mol. The number of oxazole rings is 1. The Labute approximate surface area is 53.4 Å². The summed E-state index contributed by atoms with van der Waals surface area (Å²) in [5, 5.41) is 7.18. The van der Waals surface area contributed by atoms with E-state index >= 15 is 0 Å². The van der Waals surface area contributed by atoms with Crippen LogP contribution in [0.15, 0.2) is 4.42 Å². The predicted molar refractivity (Wildman–Crippen MR) is 33.0 cm³/mol. The second-order valence-corrected chi connectivity index (χ2v) is 2.11. The van der Waals surface area contributed by atoms with Crippen molar-refractivity contribution in [3.05, 3.63) is 17.1 Å². The number of hydrogen-bond acceptors (Lipinski definition) is 2. The molecule has 50 valence electrons. The smallest absolute Gasteiger partial charge is 0.293 e. The Morgan fingerprint density at radius 1 is 1.44 bits per heavy atom.